The second-order valence-corrected chi connectivity index (χ2v) is 8.29. The number of primary amides is 2. The number of rotatable bonds is 5. The van der Waals surface area contributed by atoms with E-state index in [1.54, 1.807) is 0 Å². The first-order valence-electron chi connectivity index (χ1n) is 4.24. The number of carbonyl (C=O) groups is 2. The SMILES string of the molecule is CC[Si](C)(COC(N)=O)COC(N)=O. The molecule has 2 amide bonds. The number of hydrogen-bond acceptors (Lipinski definition) is 4. The molecule has 7 heteroatoms. The molecule has 0 unspecified atom stereocenters. The standard InChI is InChI=1S/C7H16N2O4Si/c1-3-14(2,4-12-6(8)10)5-13-7(9)11/h3-5H2,1-2H3,(H2,8,10)(H2,9,11). The van der Waals surface area contributed by atoms with E-state index in [4.69, 9.17) is 20.9 Å². The summed E-state index contributed by atoms with van der Waals surface area (Å²) in [5.41, 5.74) is 9.68. The van der Waals surface area contributed by atoms with Crippen molar-refractivity contribution in [3.63, 3.8) is 0 Å². The van der Waals surface area contributed by atoms with E-state index in [2.05, 4.69) is 0 Å². The molecule has 0 bridgehead atoms. The molecule has 0 fully saturated rings. The van der Waals surface area contributed by atoms with Gasteiger partial charge in [0.1, 0.15) is 8.07 Å². The fourth-order valence-corrected chi connectivity index (χ4v) is 2.21. The smallest absolute Gasteiger partial charge is 0.404 e. The molecule has 0 spiro atoms. The summed E-state index contributed by atoms with van der Waals surface area (Å²) in [6.07, 6.45) is -1.13. The summed E-state index contributed by atoms with van der Waals surface area (Å²) in [4.78, 5) is 20.8. The van der Waals surface area contributed by atoms with Crippen LogP contribution in [0.2, 0.25) is 12.6 Å². The van der Waals surface area contributed by atoms with Crippen molar-refractivity contribution >= 4 is 20.3 Å². The molecule has 0 heterocycles. The molecule has 0 atom stereocenters. The number of hydrogen-bond donors (Lipinski definition) is 2. The number of nitrogens with two attached hydrogens (primary N) is 2. The van der Waals surface area contributed by atoms with E-state index in [0.717, 1.165) is 6.04 Å². The lowest BCUT2D eigenvalue weighted by Gasteiger charge is -2.23. The van der Waals surface area contributed by atoms with Crippen molar-refractivity contribution in [2.75, 3.05) is 12.5 Å². The average Bonchev–Trinajstić information content (AvgIpc) is 2.11. The molecule has 0 aliphatic heterocycles. The second-order valence-electron chi connectivity index (χ2n) is 3.38. The van der Waals surface area contributed by atoms with E-state index in [1.807, 2.05) is 13.5 Å². The summed E-state index contributed by atoms with van der Waals surface area (Å²) in [5, 5.41) is 0. The van der Waals surface area contributed by atoms with Crippen molar-refractivity contribution in [2.45, 2.75) is 19.5 Å². The maximum atomic E-state index is 10.4. The van der Waals surface area contributed by atoms with E-state index >= 15 is 0 Å². The Kier molecular flexibility index (Phi) is 4.99. The van der Waals surface area contributed by atoms with Crippen LogP contribution in [0.4, 0.5) is 9.59 Å². The number of carbonyl (C=O) groups excluding carboxylic acids is 2. The molecule has 0 aromatic carbocycles. The Morgan fingerprint density at radius 1 is 1.14 bits per heavy atom. The van der Waals surface area contributed by atoms with Gasteiger partial charge in [0.15, 0.2) is 0 Å². The first kappa shape index (κ1) is 12.8. The summed E-state index contributed by atoms with van der Waals surface area (Å²) in [5.74, 6) is 0. The Morgan fingerprint density at radius 3 is 1.71 bits per heavy atom. The van der Waals surface area contributed by atoms with Crippen LogP contribution in [0.5, 0.6) is 0 Å². The highest BCUT2D eigenvalue weighted by Crippen LogP contribution is 2.10. The second kappa shape index (κ2) is 5.48. The Labute approximate surface area is 83.5 Å². The first-order valence-corrected chi connectivity index (χ1v) is 7.36. The van der Waals surface area contributed by atoms with Crippen LogP contribution in [0.3, 0.4) is 0 Å². The van der Waals surface area contributed by atoms with Gasteiger partial charge in [0.2, 0.25) is 0 Å². The highest BCUT2D eigenvalue weighted by atomic mass is 28.3. The topological polar surface area (TPSA) is 105 Å². The minimum Gasteiger partial charge on any atom is -0.453 e. The summed E-state index contributed by atoms with van der Waals surface area (Å²) < 4.78 is 9.40. The molecule has 82 valence electrons. The summed E-state index contributed by atoms with van der Waals surface area (Å²) in [7, 11) is -1.90. The van der Waals surface area contributed by atoms with Crippen molar-refractivity contribution in [1.29, 1.82) is 0 Å². The van der Waals surface area contributed by atoms with E-state index < -0.39 is 20.3 Å². The van der Waals surface area contributed by atoms with E-state index in [9.17, 15) is 9.59 Å². The highest BCUT2D eigenvalue weighted by Gasteiger charge is 2.28. The molecular formula is C7H16N2O4Si. The lowest BCUT2D eigenvalue weighted by molar-refractivity contribution is 0.164. The first-order chi connectivity index (χ1) is 6.39. The van der Waals surface area contributed by atoms with Gasteiger partial charge in [-0.25, -0.2) is 9.59 Å². The third-order valence-electron chi connectivity index (χ3n) is 1.98. The van der Waals surface area contributed by atoms with Crippen LogP contribution in [0.15, 0.2) is 0 Å². The van der Waals surface area contributed by atoms with Gasteiger partial charge in [-0.1, -0.05) is 19.5 Å². The molecule has 14 heavy (non-hydrogen) atoms. The Morgan fingerprint density at radius 2 is 1.50 bits per heavy atom. The quantitative estimate of drug-likeness (QED) is 0.652. The zero-order valence-electron chi connectivity index (χ0n) is 8.41. The lowest BCUT2D eigenvalue weighted by atomic mass is 11.0. The minimum absolute atomic E-state index is 0.242. The van der Waals surface area contributed by atoms with Crippen molar-refractivity contribution in [2.24, 2.45) is 11.5 Å². The Hall–Kier alpha value is -1.24. The van der Waals surface area contributed by atoms with Crippen LogP contribution in [-0.4, -0.2) is 32.7 Å². The van der Waals surface area contributed by atoms with Gasteiger partial charge in [-0.05, 0) is 0 Å². The van der Waals surface area contributed by atoms with E-state index in [1.165, 1.54) is 0 Å². The molecular weight excluding hydrogens is 204 g/mol. The van der Waals surface area contributed by atoms with E-state index in [0.29, 0.717) is 0 Å². The van der Waals surface area contributed by atoms with Gasteiger partial charge in [-0.3, -0.25) is 0 Å². The molecule has 0 aromatic heterocycles. The van der Waals surface area contributed by atoms with Crippen LogP contribution >= 0.6 is 0 Å². The van der Waals surface area contributed by atoms with Gasteiger partial charge < -0.3 is 20.9 Å². The van der Waals surface area contributed by atoms with Crippen LogP contribution in [0, 0.1) is 0 Å². The molecule has 0 saturated heterocycles. The molecule has 0 radical (unpaired) electrons. The number of ether oxygens (including phenoxy) is 2. The average molecular weight is 220 g/mol. The van der Waals surface area contributed by atoms with Gasteiger partial charge >= 0.3 is 12.2 Å². The van der Waals surface area contributed by atoms with Crippen molar-refractivity contribution in [3.05, 3.63) is 0 Å². The predicted octanol–water partition coefficient (Wildman–Crippen LogP) is 0.354. The molecule has 0 aliphatic rings. The third-order valence-corrected chi connectivity index (χ3v) is 5.37. The van der Waals surface area contributed by atoms with Crippen molar-refractivity contribution in [1.82, 2.24) is 0 Å². The van der Waals surface area contributed by atoms with Gasteiger partial charge in [-0.15, -0.1) is 0 Å². The maximum absolute atomic E-state index is 10.4. The predicted molar refractivity (Wildman–Crippen MR) is 53.2 cm³/mol. The van der Waals surface area contributed by atoms with Gasteiger partial charge in [-0.2, -0.15) is 0 Å². The normalized spacial score (nSPS) is 10.7. The van der Waals surface area contributed by atoms with Gasteiger partial charge in [0.05, 0.1) is 12.5 Å². The summed E-state index contributed by atoms with van der Waals surface area (Å²) in [6.45, 7) is 3.89. The fourth-order valence-electron chi connectivity index (χ4n) is 0.737. The van der Waals surface area contributed by atoms with Crippen LogP contribution < -0.4 is 11.5 Å². The Balaban J connectivity index is 4.03. The maximum Gasteiger partial charge on any atom is 0.404 e. The molecule has 0 rings (SSSR count). The van der Waals surface area contributed by atoms with Gasteiger partial charge in [0.25, 0.3) is 0 Å². The monoisotopic (exact) mass is 220 g/mol. The van der Waals surface area contributed by atoms with Crippen LogP contribution in [0.1, 0.15) is 6.92 Å². The van der Waals surface area contributed by atoms with Crippen LogP contribution in [0.25, 0.3) is 0 Å². The lowest BCUT2D eigenvalue weighted by Crippen LogP contribution is -2.44. The van der Waals surface area contributed by atoms with Gasteiger partial charge in [0, 0.05) is 0 Å². The van der Waals surface area contributed by atoms with Crippen molar-refractivity contribution in [3.8, 4) is 0 Å². The van der Waals surface area contributed by atoms with E-state index in [-0.39, 0.29) is 12.5 Å². The summed E-state index contributed by atoms with van der Waals surface area (Å²) in [6, 6.07) is 0.813. The zero-order valence-corrected chi connectivity index (χ0v) is 9.41. The Bertz CT molecular complexity index is 204. The minimum atomic E-state index is -1.90. The highest BCUT2D eigenvalue weighted by molar-refractivity contribution is 6.78. The molecule has 0 saturated carbocycles. The van der Waals surface area contributed by atoms with Crippen LogP contribution in [-0.2, 0) is 9.47 Å². The molecule has 6 nitrogen and oxygen atoms in total. The third kappa shape index (κ3) is 5.41. The van der Waals surface area contributed by atoms with Crippen molar-refractivity contribution < 1.29 is 19.1 Å². The fraction of sp³-hybridized carbons (Fsp3) is 0.714. The zero-order chi connectivity index (χ0) is 11.2. The largest absolute Gasteiger partial charge is 0.453 e. The number of amides is 2. The summed E-state index contributed by atoms with van der Waals surface area (Å²) >= 11 is 0. The molecule has 0 aromatic rings. The molecule has 4 N–H and O–H groups in total. The molecule has 0 aliphatic carbocycles.